The van der Waals surface area contributed by atoms with Gasteiger partial charge in [-0.15, -0.1) is 0 Å². The maximum absolute atomic E-state index is 13.3. The van der Waals surface area contributed by atoms with Crippen LogP contribution < -0.4 is 10.9 Å². The van der Waals surface area contributed by atoms with Crippen LogP contribution in [0.25, 0.3) is 10.8 Å². The van der Waals surface area contributed by atoms with Crippen molar-refractivity contribution in [3.05, 3.63) is 58.3 Å². The molecule has 0 spiro atoms. The SMILES string of the molecule is CCn1nc(C(=O)O)c(C(C)OC(=O)OC2CCCCC2)c(Nc2cncc3ccccc23)c1=O. The van der Waals surface area contributed by atoms with Crippen molar-refractivity contribution in [2.75, 3.05) is 5.32 Å². The largest absolute Gasteiger partial charge is 0.509 e. The lowest BCUT2D eigenvalue weighted by Gasteiger charge is -2.24. The zero-order chi connectivity index (χ0) is 24.9. The third kappa shape index (κ3) is 5.26. The molecule has 0 bridgehead atoms. The monoisotopic (exact) mass is 480 g/mol. The van der Waals surface area contributed by atoms with Crippen molar-refractivity contribution in [1.29, 1.82) is 0 Å². The highest BCUT2D eigenvalue weighted by Crippen LogP contribution is 2.31. The van der Waals surface area contributed by atoms with E-state index in [1.54, 1.807) is 19.3 Å². The van der Waals surface area contributed by atoms with Crippen LogP contribution in [-0.4, -0.2) is 38.1 Å². The number of carboxylic acids is 1. The van der Waals surface area contributed by atoms with Crippen molar-refractivity contribution in [1.82, 2.24) is 14.8 Å². The molecule has 10 nitrogen and oxygen atoms in total. The van der Waals surface area contributed by atoms with Gasteiger partial charge in [0.25, 0.3) is 5.56 Å². The number of nitrogens with zero attached hydrogens (tertiary/aromatic N) is 3. The maximum atomic E-state index is 13.3. The summed E-state index contributed by atoms with van der Waals surface area (Å²) in [4.78, 5) is 42.2. The van der Waals surface area contributed by atoms with Gasteiger partial charge in [-0.3, -0.25) is 9.78 Å². The molecule has 2 heterocycles. The van der Waals surface area contributed by atoms with Gasteiger partial charge in [0, 0.05) is 23.5 Å². The van der Waals surface area contributed by atoms with Gasteiger partial charge in [-0.05, 0) is 39.5 Å². The molecule has 1 saturated carbocycles. The van der Waals surface area contributed by atoms with Crippen molar-refractivity contribution in [2.24, 2.45) is 0 Å². The summed E-state index contributed by atoms with van der Waals surface area (Å²) < 4.78 is 11.9. The van der Waals surface area contributed by atoms with Gasteiger partial charge in [0.1, 0.15) is 17.9 Å². The number of hydrogen-bond acceptors (Lipinski definition) is 8. The highest BCUT2D eigenvalue weighted by atomic mass is 16.7. The molecular weight excluding hydrogens is 452 g/mol. The Labute approximate surface area is 201 Å². The molecule has 0 aliphatic heterocycles. The third-order valence-electron chi connectivity index (χ3n) is 6.12. The molecule has 4 rings (SSSR count). The Morgan fingerprint density at radius 1 is 1.20 bits per heavy atom. The van der Waals surface area contributed by atoms with Crippen LogP contribution in [0.2, 0.25) is 0 Å². The van der Waals surface area contributed by atoms with Crippen LogP contribution in [-0.2, 0) is 16.0 Å². The quantitative estimate of drug-likeness (QED) is 0.457. The first kappa shape index (κ1) is 24.2. The minimum absolute atomic E-state index is 0.0410. The lowest BCUT2D eigenvalue weighted by Crippen LogP contribution is -2.31. The van der Waals surface area contributed by atoms with E-state index in [4.69, 9.17) is 9.47 Å². The number of benzene rings is 1. The normalized spacial score (nSPS) is 14.9. The zero-order valence-corrected chi connectivity index (χ0v) is 19.7. The first-order chi connectivity index (χ1) is 16.9. The maximum Gasteiger partial charge on any atom is 0.509 e. The molecular formula is C25H28N4O6. The third-order valence-corrected chi connectivity index (χ3v) is 6.12. The van der Waals surface area contributed by atoms with Crippen LogP contribution in [0.1, 0.15) is 68.1 Å². The van der Waals surface area contributed by atoms with Crippen LogP contribution >= 0.6 is 0 Å². The number of pyridine rings is 1. The molecule has 35 heavy (non-hydrogen) atoms. The number of anilines is 2. The van der Waals surface area contributed by atoms with Gasteiger partial charge in [0.05, 0.1) is 17.4 Å². The lowest BCUT2D eigenvalue weighted by molar-refractivity contribution is -0.00787. The number of aryl methyl sites for hydroxylation is 1. The molecule has 0 amide bonds. The Hall–Kier alpha value is -3.95. The summed E-state index contributed by atoms with van der Waals surface area (Å²) in [6.45, 7) is 3.33. The molecule has 2 N–H and O–H groups in total. The van der Waals surface area contributed by atoms with Crippen molar-refractivity contribution in [3.63, 3.8) is 0 Å². The van der Waals surface area contributed by atoms with Gasteiger partial charge in [0.15, 0.2) is 5.69 Å². The van der Waals surface area contributed by atoms with Crippen molar-refractivity contribution in [2.45, 2.75) is 64.7 Å². The highest BCUT2D eigenvalue weighted by Gasteiger charge is 2.29. The Kier molecular flexibility index (Phi) is 7.28. The van der Waals surface area contributed by atoms with E-state index in [9.17, 15) is 19.5 Å². The van der Waals surface area contributed by atoms with E-state index in [1.807, 2.05) is 24.3 Å². The molecule has 2 aromatic heterocycles. The molecule has 1 aliphatic carbocycles. The van der Waals surface area contributed by atoms with Crippen LogP contribution in [0.4, 0.5) is 16.2 Å². The number of carbonyl (C=O) groups excluding carboxylic acids is 1. The van der Waals surface area contributed by atoms with Gasteiger partial charge >= 0.3 is 12.1 Å². The Morgan fingerprint density at radius 3 is 2.66 bits per heavy atom. The summed E-state index contributed by atoms with van der Waals surface area (Å²) in [5.74, 6) is -1.35. The minimum Gasteiger partial charge on any atom is -0.476 e. The second-order valence-electron chi connectivity index (χ2n) is 8.48. The van der Waals surface area contributed by atoms with Crippen LogP contribution in [0.5, 0.6) is 0 Å². The fourth-order valence-electron chi connectivity index (χ4n) is 4.37. The van der Waals surface area contributed by atoms with E-state index in [0.717, 1.165) is 47.6 Å². The fourth-order valence-corrected chi connectivity index (χ4v) is 4.37. The van der Waals surface area contributed by atoms with E-state index < -0.39 is 23.8 Å². The van der Waals surface area contributed by atoms with Gasteiger partial charge < -0.3 is 19.9 Å². The Bertz CT molecular complexity index is 1290. The van der Waals surface area contributed by atoms with E-state index in [1.165, 1.54) is 6.92 Å². The molecule has 1 aromatic carbocycles. The molecule has 1 atom stereocenters. The van der Waals surface area contributed by atoms with Crippen molar-refractivity contribution < 1.29 is 24.2 Å². The molecule has 3 aromatic rings. The van der Waals surface area contributed by atoms with E-state index >= 15 is 0 Å². The zero-order valence-electron chi connectivity index (χ0n) is 19.7. The first-order valence-electron chi connectivity index (χ1n) is 11.7. The highest BCUT2D eigenvalue weighted by molar-refractivity contribution is 5.95. The Balaban J connectivity index is 1.74. The number of aromatic nitrogens is 3. The molecule has 10 heteroatoms. The number of carboxylic acid groups (broad SMARTS) is 1. The van der Waals surface area contributed by atoms with Crippen LogP contribution in [0, 0.1) is 0 Å². The molecule has 1 aliphatic rings. The lowest BCUT2D eigenvalue weighted by atomic mass is 9.98. The summed E-state index contributed by atoms with van der Waals surface area (Å²) in [6, 6.07) is 7.45. The summed E-state index contributed by atoms with van der Waals surface area (Å²) >= 11 is 0. The van der Waals surface area contributed by atoms with Gasteiger partial charge in [-0.25, -0.2) is 14.3 Å². The second kappa shape index (κ2) is 10.5. The molecule has 0 radical (unpaired) electrons. The summed E-state index contributed by atoms with van der Waals surface area (Å²) in [5.41, 5.74) is -0.517. The summed E-state index contributed by atoms with van der Waals surface area (Å²) in [6.07, 6.45) is 5.56. The number of aromatic carboxylic acids is 1. The van der Waals surface area contributed by atoms with Crippen molar-refractivity contribution in [3.8, 4) is 0 Å². The summed E-state index contributed by atoms with van der Waals surface area (Å²) in [5, 5.41) is 18.6. The standard InChI is InChI=1S/C25H28N4O6/c1-3-29-23(30)21(27-19-14-26-13-16-9-7-8-12-18(16)19)20(22(28-29)24(31)32)15(2)34-25(33)35-17-10-5-4-6-11-17/h7-9,12-15,17,27H,3-6,10-11H2,1-2H3,(H,31,32). The number of carbonyl (C=O) groups is 2. The average molecular weight is 481 g/mol. The van der Waals surface area contributed by atoms with E-state index in [2.05, 4.69) is 15.4 Å². The van der Waals surface area contributed by atoms with Gasteiger partial charge in [0.2, 0.25) is 0 Å². The number of ether oxygens (including phenoxy) is 2. The molecule has 0 saturated heterocycles. The first-order valence-corrected chi connectivity index (χ1v) is 11.7. The number of nitrogens with one attached hydrogen (secondary N) is 1. The molecule has 184 valence electrons. The molecule has 1 fully saturated rings. The number of rotatable bonds is 7. The minimum atomic E-state index is -1.35. The predicted molar refractivity (Wildman–Crippen MR) is 129 cm³/mol. The summed E-state index contributed by atoms with van der Waals surface area (Å²) in [7, 11) is 0. The second-order valence-corrected chi connectivity index (χ2v) is 8.48. The number of fused-ring (bicyclic) bond motifs is 1. The van der Waals surface area contributed by atoms with E-state index in [0.29, 0.717) is 5.69 Å². The van der Waals surface area contributed by atoms with Crippen molar-refractivity contribution >= 4 is 34.3 Å². The number of hydrogen-bond donors (Lipinski definition) is 2. The average Bonchev–Trinajstić information content (AvgIpc) is 2.85. The van der Waals surface area contributed by atoms with Crippen LogP contribution in [0.3, 0.4) is 0 Å². The predicted octanol–water partition coefficient (Wildman–Crippen LogP) is 4.80. The fraction of sp³-hybridized carbons (Fsp3) is 0.400. The van der Waals surface area contributed by atoms with Gasteiger partial charge in [-0.1, -0.05) is 30.7 Å². The smallest absolute Gasteiger partial charge is 0.476 e. The van der Waals surface area contributed by atoms with Crippen LogP contribution in [0.15, 0.2) is 41.5 Å². The van der Waals surface area contributed by atoms with Gasteiger partial charge in [-0.2, -0.15) is 5.10 Å². The van der Waals surface area contributed by atoms with E-state index in [-0.39, 0.29) is 29.6 Å². The Morgan fingerprint density at radius 2 is 1.94 bits per heavy atom. The molecule has 1 unspecified atom stereocenters. The topological polar surface area (TPSA) is 133 Å².